The van der Waals surface area contributed by atoms with Crippen LogP contribution >= 0.6 is 0 Å². The van der Waals surface area contributed by atoms with E-state index in [0.717, 1.165) is 18.8 Å². The van der Waals surface area contributed by atoms with Gasteiger partial charge in [-0.25, -0.2) is 0 Å². The van der Waals surface area contributed by atoms with Gasteiger partial charge in [0.1, 0.15) is 5.54 Å². The van der Waals surface area contributed by atoms with E-state index in [4.69, 9.17) is 10.5 Å². The van der Waals surface area contributed by atoms with E-state index in [1.807, 2.05) is 6.92 Å². The number of hydrogen-bond donors (Lipinski definition) is 1. The molecule has 2 aliphatic rings. The molecule has 3 unspecified atom stereocenters. The minimum atomic E-state index is -0.750. The Morgan fingerprint density at radius 2 is 2.06 bits per heavy atom. The summed E-state index contributed by atoms with van der Waals surface area (Å²) in [7, 11) is 0. The number of esters is 1. The molecule has 0 spiro atoms. The van der Waals surface area contributed by atoms with E-state index in [9.17, 15) is 4.79 Å². The highest BCUT2D eigenvalue weighted by Gasteiger charge is 2.45. The first-order valence-electron chi connectivity index (χ1n) is 6.96. The van der Waals surface area contributed by atoms with Crippen LogP contribution in [0.15, 0.2) is 0 Å². The summed E-state index contributed by atoms with van der Waals surface area (Å²) >= 11 is 0. The summed E-state index contributed by atoms with van der Waals surface area (Å²) < 4.78 is 5.43. The topological polar surface area (TPSA) is 52.3 Å². The quantitative estimate of drug-likeness (QED) is 0.767. The zero-order valence-corrected chi connectivity index (χ0v) is 11.1. The number of hydrogen-bond acceptors (Lipinski definition) is 3. The fraction of sp³-hybridized carbons (Fsp3) is 0.929. The van der Waals surface area contributed by atoms with Crippen molar-refractivity contribution in [1.29, 1.82) is 0 Å². The summed E-state index contributed by atoms with van der Waals surface area (Å²) in [6, 6.07) is 0. The number of rotatable bonds is 4. The van der Waals surface area contributed by atoms with E-state index in [0.29, 0.717) is 18.4 Å². The molecule has 0 radical (unpaired) electrons. The Kier molecular flexibility index (Phi) is 3.76. The molecule has 0 aromatic carbocycles. The minimum absolute atomic E-state index is 0.196. The van der Waals surface area contributed by atoms with Crippen molar-refractivity contribution in [1.82, 2.24) is 0 Å². The van der Waals surface area contributed by atoms with Crippen LogP contribution in [0.2, 0.25) is 0 Å². The van der Waals surface area contributed by atoms with Gasteiger partial charge in [-0.2, -0.15) is 0 Å². The van der Waals surface area contributed by atoms with Gasteiger partial charge in [0.2, 0.25) is 0 Å². The molecule has 2 N–H and O–H groups in total. The summed E-state index contributed by atoms with van der Waals surface area (Å²) in [4.78, 5) is 11.9. The minimum Gasteiger partial charge on any atom is -0.464 e. The molecule has 17 heavy (non-hydrogen) atoms. The molecule has 2 aliphatic carbocycles. The Morgan fingerprint density at radius 3 is 2.65 bits per heavy atom. The second kappa shape index (κ2) is 4.97. The van der Waals surface area contributed by atoms with E-state index in [-0.39, 0.29) is 5.97 Å². The highest BCUT2D eigenvalue weighted by atomic mass is 16.5. The number of nitrogens with two attached hydrogens (primary N) is 1. The van der Waals surface area contributed by atoms with Gasteiger partial charge in [-0.05, 0) is 50.4 Å². The fourth-order valence-corrected chi connectivity index (χ4v) is 2.91. The van der Waals surface area contributed by atoms with Crippen LogP contribution in [0, 0.1) is 17.8 Å². The number of carbonyl (C=O) groups is 1. The van der Waals surface area contributed by atoms with Gasteiger partial charge in [0.25, 0.3) is 0 Å². The van der Waals surface area contributed by atoms with Crippen LogP contribution in [-0.2, 0) is 9.53 Å². The third kappa shape index (κ3) is 3.21. The lowest BCUT2D eigenvalue weighted by molar-refractivity contribution is -0.152. The van der Waals surface area contributed by atoms with Crippen LogP contribution in [0.1, 0.15) is 52.4 Å². The van der Waals surface area contributed by atoms with Crippen LogP contribution in [0.3, 0.4) is 0 Å². The normalized spacial score (nSPS) is 32.9. The van der Waals surface area contributed by atoms with Crippen LogP contribution in [0.25, 0.3) is 0 Å². The van der Waals surface area contributed by atoms with Gasteiger partial charge in [-0.3, -0.25) is 4.79 Å². The molecule has 0 bridgehead atoms. The monoisotopic (exact) mass is 239 g/mol. The fourth-order valence-electron chi connectivity index (χ4n) is 2.91. The van der Waals surface area contributed by atoms with Crippen molar-refractivity contribution in [3.05, 3.63) is 0 Å². The second-order valence-corrected chi connectivity index (χ2v) is 6.29. The largest absolute Gasteiger partial charge is 0.464 e. The SMILES string of the molecule is CC1CCCC(COC(=O)C(C)(N)C2CC2)C1. The van der Waals surface area contributed by atoms with Crippen molar-refractivity contribution in [3.8, 4) is 0 Å². The molecule has 2 saturated carbocycles. The van der Waals surface area contributed by atoms with Gasteiger partial charge in [-0.1, -0.05) is 19.8 Å². The molecule has 98 valence electrons. The maximum absolute atomic E-state index is 11.9. The van der Waals surface area contributed by atoms with Crippen molar-refractivity contribution in [2.24, 2.45) is 23.5 Å². The molecule has 3 nitrogen and oxygen atoms in total. The molecule has 3 heteroatoms. The average molecular weight is 239 g/mol. The zero-order chi connectivity index (χ0) is 12.5. The molecule has 0 saturated heterocycles. The molecule has 0 aromatic heterocycles. The molecular formula is C14H25NO2. The maximum atomic E-state index is 11.9. The lowest BCUT2D eigenvalue weighted by atomic mass is 9.83. The van der Waals surface area contributed by atoms with Crippen molar-refractivity contribution in [2.45, 2.75) is 57.9 Å². The average Bonchev–Trinajstić information content (AvgIpc) is 3.09. The molecule has 0 amide bonds. The molecule has 3 atom stereocenters. The first-order valence-corrected chi connectivity index (χ1v) is 6.96. The van der Waals surface area contributed by atoms with E-state index < -0.39 is 5.54 Å². The van der Waals surface area contributed by atoms with Crippen molar-refractivity contribution < 1.29 is 9.53 Å². The van der Waals surface area contributed by atoms with Gasteiger partial charge in [-0.15, -0.1) is 0 Å². The summed E-state index contributed by atoms with van der Waals surface area (Å²) in [6.07, 6.45) is 7.12. The zero-order valence-electron chi connectivity index (χ0n) is 11.1. The summed E-state index contributed by atoms with van der Waals surface area (Å²) in [6.45, 7) is 4.67. The molecule has 0 aliphatic heterocycles. The first-order chi connectivity index (χ1) is 8.00. The van der Waals surface area contributed by atoms with Crippen LogP contribution in [-0.4, -0.2) is 18.1 Å². The lowest BCUT2D eigenvalue weighted by Gasteiger charge is -2.28. The van der Waals surface area contributed by atoms with Crippen molar-refractivity contribution in [3.63, 3.8) is 0 Å². The standard InChI is InChI=1S/C14H25NO2/c1-10-4-3-5-11(8-10)9-17-13(16)14(2,15)12-6-7-12/h10-12H,3-9,15H2,1-2H3. The summed E-state index contributed by atoms with van der Waals surface area (Å²) in [5, 5.41) is 0. The van der Waals surface area contributed by atoms with Crippen molar-refractivity contribution >= 4 is 5.97 Å². The Hall–Kier alpha value is -0.570. The lowest BCUT2D eigenvalue weighted by Crippen LogP contribution is -2.48. The molecule has 2 rings (SSSR count). The third-order valence-corrected chi connectivity index (χ3v) is 4.36. The van der Waals surface area contributed by atoms with Crippen LogP contribution < -0.4 is 5.73 Å². The Labute approximate surface area is 104 Å². The number of carbonyl (C=O) groups excluding carboxylic acids is 1. The Bertz CT molecular complexity index is 284. The molecule has 0 heterocycles. The highest BCUT2D eigenvalue weighted by molar-refractivity contribution is 5.81. The van der Waals surface area contributed by atoms with E-state index in [2.05, 4.69) is 6.92 Å². The Balaban J connectivity index is 1.75. The van der Waals surface area contributed by atoms with Crippen LogP contribution in [0.5, 0.6) is 0 Å². The smallest absolute Gasteiger partial charge is 0.326 e. The van der Waals surface area contributed by atoms with Crippen molar-refractivity contribution in [2.75, 3.05) is 6.61 Å². The third-order valence-electron chi connectivity index (χ3n) is 4.36. The maximum Gasteiger partial charge on any atom is 0.326 e. The first kappa shape index (κ1) is 12.9. The van der Waals surface area contributed by atoms with Gasteiger partial charge in [0, 0.05) is 0 Å². The van der Waals surface area contributed by atoms with E-state index in [1.54, 1.807) is 0 Å². The van der Waals surface area contributed by atoms with Gasteiger partial charge in [0.05, 0.1) is 6.61 Å². The predicted octanol–water partition coefficient (Wildman–Crippen LogP) is 2.48. The Morgan fingerprint density at radius 1 is 1.35 bits per heavy atom. The summed E-state index contributed by atoms with van der Waals surface area (Å²) in [5.74, 6) is 1.48. The van der Waals surface area contributed by atoms with E-state index in [1.165, 1.54) is 25.7 Å². The number of ether oxygens (including phenoxy) is 1. The van der Waals surface area contributed by atoms with Crippen LogP contribution in [0.4, 0.5) is 0 Å². The van der Waals surface area contributed by atoms with Gasteiger partial charge >= 0.3 is 5.97 Å². The highest BCUT2D eigenvalue weighted by Crippen LogP contribution is 2.39. The molecular weight excluding hydrogens is 214 g/mol. The summed E-state index contributed by atoms with van der Waals surface area (Å²) in [5.41, 5.74) is 5.28. The predicted molar refractivity (Wildman–Crippen MR) is 67.4 cm³/mol. The molecule has 2 fully saturated rings. The van der Waals surface area contributed by atoms with Gasteiger partial charge < -0.3 is 10.5 Å². The molecule has 0 aromatic rings. The second-order valence-electron chi connectivity index (χ2n) is 6.29. The van der Waals surface area contributed by atoms with E-state index >= 15 is 0 Å². The van der Waals surface area contributed by atoms with Gasteiger partial charge in [0.15, 0.2) is 0 Å².